The fourth-order valence-corrected chi connectivity index (χ4v) is 2.87. The third-order valence-electron chi connectivity index (χ3n) is 2.98. The lowest BCUT2D eigenvalue weighted by atomic mass is 10.2. The van der Waals surface area contributed by atoms with E-state index in [4.69, 9.17) is 0 Å². The van der Waals surface area contributed by atoms with E-state index in [9.17, 15) is 18.0 Å². The summed E-state index contributed by atoms with van der Waals surface area (Å²) in [5.41, 5.74) is -0.183. The quantitative estimate of drug-likeness (QED) is 0.916. The van der Waals surface area contributed by atoms with Crippen LogP contribution in [0.25, 0.3) is 0 Å². The largest absolute Gasteiger partial charge is 0.434 e. The van der Waals surface area contributed by atoms with Gasteiger partial charge >= 0.3 is 6.18 Å². The van der Waals surface area contributed by atoms with Crippen LogP contribution in [0.5, 0.6) is 0 Å². The Labute approximate surface area is 129 Å². The zero-order chi connectivity index (χ0) is 16.3. The maximum Gasteiger partial charge on any atom is 0.434 e. The van der Waals surface area contributed by atoms with Gasteiger partial charge in [0.25, 0.3) is 0 Å². The summed E-state index contributed by atoms with van der Waals surface area (Å²) in [7, 11) is 1.74. The van der Waals surface area contributed by atoms with Gasteiger partial charge in [-0.05, 0) is 12.0 Å². The first-order valence-corrected chi connectivity index (χ1v) is 7.47. The van der Waals surface area contributed by atoms with Crippen LogP contribution in [0.15, 0.2) is 17.8 Å². The summed E-state index contributed by atoms with van der Waals surface area (Å²) in [6.45, 7) is 1.78. The first kappa shape index (κ1) is 16.5. The van der Waals surface area contributed by atoms with Gasteiger partial charge in [-0.2, -0.15) is 18.3 Å². The molecule has 0 unspecified atom stereocenters. The predicted octanol–water partition coefficient (Wildman–Crippen LogP) is 2.71. The van der Waals surface area contributed by atoms with Gasteiger partial charge in [-0.3, -0.25) is 9.48 Å². The SMILES string of the molecule is CC[C@@H](NC(=O)Cc1cnn(C)c1)c1nc(C(F)(F)F)cs1. The third kappa shape index (κ3) is 4.06. The van der Waals surface area contributed by atoms with E-state index >= 15 is 0 Å². The van der Waals surface area contributed by atoms with E-state index in [0.717, 1.165) is 22.3 Å². The van der Waals surface area contributed by atoms with E-state index in [-0.39, 0.29) is 17.3 Å². The van der Waals surface area contributed by atoms with Gasteiger partial charge in [-0.25, -0.2) is 4.98 Å². The number of rotatable bonds is 5. The van der Waals surface area contributed by atoms with Gasteiger partial charge in [0.05, 0.1) is 18.7 Å². The number of aryl methyl sites for hydroxylation is 1. The van der Waals surface area contributed by atoms with Crippen molar-refractivity contribution in [2.75, 3.05) is 0 Å². The lowest BCUT2D eigenvalue weighted by molar-refractivity contribution is -0.140. The fourth-order valence-electron chi connectivity index (χ4n) is 1.91. The van der Waals surface area contributed by atoms with Gasteiger partial charge in [-0.15, -0.1) is 11.3 Å². The highest BCUT2D eigenvalue weighted by Gasteiger charge is 2.34. The average Bonchev–Trinajstić information content (AvgIpc) is 3.04. The van der Waals surface area contributed by atoms with E-state index in [0.29, 0.717) is 6.42 Å². The molecule has 0 aliphatic heterocycles. The second-order valence-electron chi connectivity index (χ2n) is 4.80. The van der Waals surface area contributed by atoms with Crippen molar-refractivity contribution in [1.29, 1.82) is 0 Å². The second kappa shape index (κ2) is 6.47. The Hall–Kier alpha value is -1.90. The highest BCUT2D eigenvalue weighted by Crippen LogP contribution is 2.32. The summed E-state index contributed by atoms with van der Waals surface area (Å²) in [5.74, 6) is -0.274. The van der Waals surface area contributed by atoms with E-state index in [1.807, 2.05) is 0 Å². The van der Waals surface area contributed by atoms with Crippen molar-refractivity contribution in [2.24, 2.45) is 7.05 Å². The van der Waals surface area contributed by atoms with Gasteiger partial charge in [0.15, 0.2) is 5.69 Å². The Morgan fingerprint density at radius 3 is 2.73 bits per heavy atom. The number of hydrogen-bond acceptors (Lipinski definition) is 4. The number of carbonyl (C=O) groups is 1. The molecule has 9 heteroatoms. The number of alkyl halides is 3. The van der Waals surface area contributed by atoms with Crippen LogP contribution >= 0.6 is 11.3 Å². The predicted molar refractivity (Wildman–Crippen MR) is 75.2 cm³/mol. The Balaban J connectivity index is 2.02. The molecule has 2 aromatic heterocycles. The molecule has 2 aromatic rings. The van der Waals surface area contributed by atoms with Crippen LogP contribution < -0.4 is 5.32 Å². The van der Waals surface area contributed by atoms with Crippen molar-refractivity contribution in [3.63, 3.8) is 0 Å². The number of thiazole rings is 1. The Morgan fingerprint density at radius 1 is 1.50 bits per heavy atom. The van der Waals surface area contributed by atoms with Crippen LogP contribution in [0.4, 0.5) is 13.2 Å². The van der Waals surface area contributed by atoms with Gasteiger partial charge in [0, 0.05) is 18.6 Å². The summed E-state index contributed by atoms with van der Waals surface area (Å²) in [5, 5.41) is 7.89. The lowest BCUT2D eigenvalue weighted by Crippen LogP contribution is -2.29. The molecule has 2 rings (SSSR count). The van der Waals surface area contributed by atoms with Gasteiger partial charge in [0.1, 0.15) is 5.01 Å². The van der Waals surface area contributed by atoms with Crippen LogP contribution in [-0.2, 0) is 24.4 Å². The molecule has 0 aliphatic rings. The van der Waals surface area contributed by atoms with Gasteiger partial charge in [0.2, 0.25) is 5.91 Å². The highest BCUT2D eigenvalue weighted by molar-refractivity contribution is 7.09. The Morgan fingerprint density at radius 2 is 2.23 bits per heavy atom. The molecule has 0 saturated carbocycles. The molecule has 0 bridgehead atoms. The van der Waals surface area contributed by atoms with Crippen LogP contribution in [0.3, 0.4) is 0 Å². The lowest BCUT2D eigenvalue weighted by Gasteiger charge is -2.14. The number of aromatic nitrogens is 3. The van der Waals surface area contributed by atoms with Crippen LogP contribution in [0, 0.1) is 0 Å². The van der Waals surface area contributed by atoms with Crippen molar-refractivity contribution < 1.29 is 18.0 Å². The van der Waals surface area contributed by atoms with Gasteiger partial charge < -0.3 is 5.32 Å². The number of nitrogens with zero attached hydrogens (tertiary/aromatic N) is 3. The molecule has 0 radical (unpaired) electrons. The molecule has 1 amide bonds. The molecule has 2 heterocycles. The zero-order valence-electron chi connectivity index (χ0n) is 12.0. The number of nitrogens with one attached hydrogen (secondary N) is 1. The summed E-state index contributed by atoms with van der Waals surface area (Å²) >= 11 is 0.899. The van der Waals surface area contributed by atoms with Crippen LogP contribution in [0.1, 0.15) is 35.7 Å². The minimum atomic E-state index is -4.47. The zero-order valence-corrected chi connectivity index (χ0v) is 12.8. The fraction of sp³-hybridized carbons (Fsp3) is 0.462. The molecule has 5 nitrogen and oxygen atoms in total. The molecule has 0 spiro atoms. The molecular weight excluding hydrogens is 317 g/mol. The molecular formula is C13H15F3N4OS. The monoisotopic (exact) mass is 332 g/mol. The number of amides is 1. The number of hydrogen-bond donors (Lipinski definition) is 1. The Kier molecular flexibility index (Phi) is 4.84. The molecule has 1 atom stereocenters. The van der Waals surface area contributed by atoms with Crippen LogP contribution in [0.2, 0.25) is 0 Å². The first-order chi connectivity index (χ1) is 10.3. The molecule has 0 aromatic carbocycles. The standard InChI is InChI=1S/C13H15F3N4OS/c1-3-9(12-19-10(7-22-12)13(14,15)16)18-11(21)4-8-5-17-20(2)6-8/h5-7,9H,3-4H2,1-2H3,(H,18,21)/t9-/m1/s1. The van der Waals surface area contributed by atoms with Crippen molar-refractivity contribution in [3.05, 3.63) is 34.0 Å². The van der Waals surface area contributed by atoms with E-state index in [2.05, 4.69) is 15.4 Å². The molecule has 0 aliphatic carbocycles. The molecule has 1 N–H and O–H groups in total. The molecule has 120 valence electrons. The van der Waals surface area contributed by atoms with E-state index in [1.165, 1.54) is 0 Å². The molecule has 0 saturated heterocycles. The van der Waals surface area contributed by atoms with Crippen molar-refractivity contribution in [1.82, 2.24) is 20.1 Å². The minimum absolute atomic E-state index is 0.127. The van der Waals surface area contributed by atoms with Crippen molar-refractivity contribution in [3.8, 4) is 0 Å². The van der Waals surface area contributed by atoms with Gasteiger partial charge in [-0.1, -0.05) is 6.92 Å². The maximum absolute atomic E-state index is 12.6. The summed E-state index contributed by atoms with van der Waals surface area (Å²) in [6.07, 6.45) is -0.588. The van der Waals surface area contributed by atoms with Crippen molar-refractivity contribution >= 4 is 17.2 Å². The molecule has 0 fully saturated rings. The smallest absolute Gasteiger partial charge is 0.347 e. The topological polar surface area (TPSA) is 59.8 Å². The van der Waals surface area contributed by atoms with E-state index in [1.54, 1.807) is 31.0 Å². The number of halogens is 3. The second-order valence-corrected chi connectivity index (χ2v) is 5.69. The first-order valence-electron chi connectivity index (χ1n) is 6.59. The Bertz CT molecular complexity index is 650. The third-order valence-corrected chi connectivity index (χ3v) is 3.94. The average molecular weight is 332 g/mol. The van der Waals surface area contributed by atoms with E-state index < -0.39 is 17.9 Å². The summed E-state index contributed by atoms with van der Waals surface area (Å²) in [6, 6.07) is -0.523. The normalized spacial score (nSPS) is 13.1. The molecule has 22 heavy (non-hydrogen) atoms. The summed E-state index contributed by atoms with van der Waals surface area (Å²) in [4.78, 5) is 15.6. The van der Waals surface area contributed by atoms with Crippen LogP contribution in [-0.4, -0.2) is 20.7 Å². The minimum Gasteiger partial charge on any atom is -0.347 e. The van der Waals surface area contributed by atoms with Crippen molar-refractivity contribution in [2.45, 2.75) is 32.0 Å². The highest BCUT2D eigenvalue weighted by atomic mass is 32.1. The number of carbonyl (C=O) groups excluding carboxylic acids is 1. The summed E-state index contributed by atoms with van der Waals surface area (Å²) < 4.78 is 39.3. The maximum atomic E-state index is 12.6.